The molecule has 0 bridgehead atoms. The van der Waals surface area contributed by atoms with Gasteiger partial charge >= 0.3 is 6.18 Å². The number of nitrogens with one attached hydrogen (secondary N) is 2. The van der Waals surface area contributed by atoms with Crippen molar-refractivity contribution in [1.29, 1.82) is 0 Å². The number of sulfonamides is 1. The van der Waals surface area contributed by atoms with Crippen molar-refractivity contribution in [3.63, 3.8) is 0 Å². The summed E-state index contributed by atoms with van der Waals surface area (Å²) in [6.45, 7) is 5.79. The van der Waals surface area contributed by atoms with Crippen LogP contribution in [0, 0.1) is 0 Å². The summed E-state index contributed by atoms with van der Waals surface area (Å²) in [6.07, 6.45) is -3.77. The number of benzene rings is 2. The lowest BCUT2D eigenvalue weighted by Crippen LogP contribution is -2.27. The highest BCUT2D eigenvalue weighted by molar-refractivity contribution is 7.93. The summed E-state index contributed by atoms with van der Waals surface area (Å²) in [5.41, 5.74) is 0.507. The molecular formula is C23H25F3N4O3S2. The predicted molar refractivity (Wildman–Crippen MR) is 128 cm³/mol. The number of rotatable bonds is 9. The van der Waals surface area contributed by atoms with Gasteiger partial charge in [0.05, 0.1) is 10.5 Å². The fraction of sp³-hybridized carbons (Fsp3) is 0.348. The van der Waals surface area contributed by atoms with E-state index in [9.17, 15) is 26.4 Å². The minimum absolute atomic E-state index is 0.0592. The zero-order valence-corrected chi connectivity index (χ0v) is 20.9. The number of carbonyl (C=O) groups is 1. The van der Waals surface area contributed by atoms with Crippen molar-refractivity contribution in [2.45, 2.75) is 50.6 Å². The normalized spacial score (nSPS) is 12.1. The van der Waals surface area contributed by atoms with Crippen LogP contribution in [0.5, 0.6) is 0 Å². The molecule has 1 aromatic heterocycles. The molecule has 0 radical (unpaired) electrons. The van der Waals surface area contributed by atoms with Gasteiger partial charge in [0.25, 0.3) is 15.9 Å². The fourth-order valence-corrected chi connectivity index (χ4v) is 5.19. The molecule has 2 aromatic carbocycles. The number of carbonyl (C=O) groups excluding carboxylic acids is 1. The summed E-state index contributed by atoms with van der Waals surface area (Å²) in [4.78, 5) is 12.5. The first-order valence-corrected chi connectivity index (χ1v) is 13.1. The minimum Gasteiger partial charge on any atom is -0.352 e. The van der Waals surface area contributed by atoms with Crippen molar-refractivity contribution >= 4 is 32.4 Å². The van der Waals surface area contributed by atoms with E-state index in [4.69, 9.17) is 0 Å². The van der Waals surface area contributed by atoms with E-state index in [1.807, 2.05) is 13.8 Å². The van der Waals surface area contributed by atoms with Gasteiger partial charge in [-0.25, -0.2) is 8.42 Å². The highest BCUT2D eigenvalue weighted by atomic mass is 32.2. The van der Waals surface area contributed by atoms with Crippen LogP contribution in [0.15, 0.2) is 47.4 Å². The molecule has 0 aliphatic rings. The number of nitrogens with zero attached hydrogens (tertiary/aromatic N) is 2. The second-order valence-electron chi connectivity index (χ2n) is 8.08. The highest BCUT2D eigenvalue weighted by Crippen LogP contribution is 2.31. The Kier molecular flexibility index (Phi) is 8.16. The lowest BCUT2D eigenvalue weighted by molar-refractivity contribution is -0.137. The Labute approximate surface area is 205 Å². The summed E-state index contributed by atoms with van der Waals surface area (Å²) >= 11 is 1.17. The highest BCUT2D eigenvalue weighted by Gasteiger charge is 2.31. The molecule has 0 aliphatic carbocycles. The Morgan fingerprint density at radius 1 is 1.09 bits per heavy atom. The molecule has 1 amide bonds. The Morgan fingerprint density at radius 3 is 2.34 bits per heavy atom. The van der Waals surface area contributed by atoms with Gasteiger partial charge in [-0.2, -0.15) is 13.2 Å². The van der Waals surface area contributed by atoms with Gasteiger partial charge in [-0.05, 0) is 54.3 Å². The van der Waals surface area contributed by atoms with Crippen molar-refractivity contribution < 1.29 is 26.4 Å². The average molecular weight is 527 g/mol. The van der Waals surface area contributed by atoms with Crippen LogP contribution in [-0.2, 0) is 29.0 Å². The number of halogens is 3. The van der Waals surface area contributed by atoms with Gasteiger partial charge in [-0.1, -0.05) is 44.2 Å². The first kappa shape index (κ1) is 26.6. The maximum atomic E-state index is 12.9. The lowest BCUT2D eigenvalue weighted by Gasteiger charge is -2.13. The summed E-state index contributed by atoms with van der Waals surface area (Å²) in [5, 5.41) is 11.4. The van der Waals surface area contributed by atoms with Crippen molar-refractivity contribution in [2.75, 3.05) is 11.3 Å². The number of aryl methyl sites for hydroxylation is 1. The molecule has 3 rings (SSSR count). The second-order valence-corrected chi connectivity index (χ2v) is 10.8. The quantitative estimate of drug-likeness (QED) is 0.408. The molecule has 7 nitrogen and oxygen atoms in total. The van der Waals surface area contributed by atoms with E-state index < -0.39 is 27.7 Å². The molecule has 3 aromatic rings. The van der Waals surface area contributed by atoms with Gasteiger partial charge in [0.15, 0.2) is 0 Å². The van der Waals surface area contributed by atoms with Crippen molar-refractivity contribution in [3.05, 3.63) is 69.7 Å². The summed E-state index contributed by atoms with van der Waals surface area (Å²) in [5.74, 6) is -0.324. The van der Waals surface area contributed by atoms with Crippen LogP contribution in [0.1, 0.15) is 58.7 Å². The number of aromatic nitrogens is 2. The van der Waals surface area contributed by atoms with Gasteiger partial charge in [0.1, 0.15) is 5.01 Å². The minimum atomic E-state index is -4.47. The standard InChI is InChI=1S/C23H25F3N4O3S2/c1-4-16-13-17(23(24,25)26)7-10-19(16)20(31)27-12-11-15-5-8-18(9-6-15)35(32,33)30-22-29-28-21(34-22)14(2)3/h5-10,13-14H,4,11-12H2,1-3H3,(H,27,31)(H,29,30). The van der Waals surface area contributed by atoms with Crippen molar-refractivity contribution in [2.24, 2.45) is 0 Å². The molecule has 35 heavy (non-hydrogen) atoms. The summed E-state index contributed by atoms with van der Waals surface area (Å²) in [6, 6.07) is 9.25. The Hall–Kier alpha value is -2.99. The maximum Gasteiger partial charge on any atom is 0.416 e. The van der Waals surface area contributed by atoms with Crippen LogP contribution in [0.3, 0.4) is 0 Å². The third kappa shape index (κ3) is 6.79. The van der Waals surface area contributed by atoms with E-state index in [0.717, 1.165) is 22.7 Å². The van der Waals surface area contributed by atoms with E-state index in [1.165, 1.54) is 29.5 Å². The largest absolute Gasteiger partial charge is 0.416 e. The van der Waals surface area contributed by atoms with Crippen LogP contribution in [0.4, 0.5) is 18.3 Å². The molecule has 0 unspecified atom stereocenters. The Bertz CT molecular complexity index is 1290. The van der Waals surface area contributed by atoms with E-state index in [0.29, 0.717) is 12.0 Å². The molecular weight excluding hydrogens is 501 g/mol. The molecule has 188 valence electrons. The fourth-order valence-electron chi connectivity index (χ4n) is 3.22. The van der Waals surface area contributed by atoms with Crippen LogP contribution >= 0.6 is 11.3 Å². The maximum absolute atomic E-state index is 12.9. The third-order valence-electron chi connectivity index (χ3n) is 5.15. The summed E-state index contributed by atoms with van der Waals surface area (Å²) < 4.78 is 66.4. The molecule has 2 N–H and O–H groups in total. The van der Waals surface area contributed by atoms with Crippen LogP contribution in [0.25, 0.3) is 0 Å². The van der Waals surface area contributed by atoms with E-state index in [-0.39, 0.29) is 34.5 Å². The van der Waals surface area contributed by atoms with Crippen molar-refractivity contribution in [1.82, 2.24) is 15.5 Å². The number of amides is 1. The average Bonchev–Trinajstić information content (AvgIpc) is 3.26. The van der Waals surface area contributed by atoms with Crippen LogP contribution in [0.2, 0.25) is 0 Å². The molecule has 0 aliphatic heterocycles. The van der Waals surface area contributed by atoms with Crippen LogP contribution < -0.4 is 10.0 Å². The van der Waals surface area contributed by atoms with E-state index in [2.05, 4.69) is 20.2 Å². The van der Waals surface area contributed by atoms with Gasteiger partial charge in [0.2, 0.25) is 5.13 Å². The molecule has 0 saturated carbocycles. The number of alkyl halides is 3. The Morgan fingerprint density at radius 2 is 1.77 bits per heavy atom. The first-order chi connectivity index (χ1) is 16.4. The molecule has 0 spiro atoms. The number of hydrogen-bond donors (Lipinski definition) is 2. The molecule has 12 heteroatoms. The van der Waals surface area contributed by atoms with Gasteiger partial charge in [0, 0.05) is 18.0 Å². The van der Waals surface area contributed by atoms with Gasteiger partial charge in [-0.3, -0.25) is 9.52 Å². The third-order valence-corrected chi connectivity index (χ3v) is 7.77. The number of anilines is 1. The predicted octanol–water partition coefficient (Wildman–Crippen LogP) is 5.02. The smallest absolute Gasteiger partial charge is 0.352 e. The number of hydrogen-bond acceptors (Lipinski definition) is 6. The van der Waals surface area contributed by atoms with Crippen molar-refractivity contribution in [3.8, 4) is 0 Å². The zero-order valence-electron chi connectivity index (χ0n) is 19.3. The second kappa shape index (κ2) is 10.7. The molecule has 1 heterocycles. The topological polar surface area (TPSA) is 101 Å². The SMILES string of the molecule is CCc1cc(C(F)(F)F)ccc1C(=O)NCCc1ccc(S(=O)(=O)Nc2nnc(C(C)C)s2)cc1. The van der Waals surface area contributed by atoms with Gasteiger partial charge < -0.3 is 5.32 Å². The first-order valence-electron chi connectivity index (χ1n) is 10.8. The van der Waals surface area contributed by atoms with Crippen LogP contribution in [-0.4, -0.2) is 31.1 Å². The van der Waals surface area contributed by atoms with E-state index >= 15 is 0 Å². The van der Waals surface area contributed by atoms with E-state index in [1.54, 1.807) is 19.1 Å². The van der Waals surface area contributed by atoms with Gasteiger partial charge in [-0.15, -0.1) is 10.2 Å². The zero-order chi connectivity index (χ0) is 25.8. The Balaban J connectivity index is 1.59. The monoisotopic (exact) mass is 526 g/mol. The molecule has 0 fully saturated rings. The molecule has 0 saturated heterocycles. The molecule has 0 atom stereocenters. The lowest BCUT2D eigenvalue weighted by atomic mass is 10.0. The summed E-state index contributed by atoms with van der Waals surface area (Å²) in [7, 11) is -3.83.